The van der Waals surface area contributed by atoms with Crippen molar-refractivity contribution in [3.63, 3.8) is 0 Å². The number of hydrogen-bond acceptors (Lipinski definition) is 14. The highest BCUT2D eigenvalue weighted by molar-refractivity contribution is 6.14. The van der Waals surface area contributed by atoms with Crippen molar-refractivity contribution in [1.82, 2.24) is 0 Å². The third-order valence-electron chi connectivity index (χ3n) is 7.53. The predicted octanol–water partition coefficient (Wildman–Crippen LogP) is -0.751. The van der Waals surface area contributed by atoms with E-state index < -0.39 is 107 Å². The molecule has 1 aromatic carbocycles. The van der Waals surface area contributed by atoms with E-state index in [-0.39, 0.29) is 5.56 Å². The van der Waals surface area contributed by atoms with Gasteiger partial charge in [0.15, 0.2) is 40.7 Å². The third-order valence-corrected chi connectivity index (χ3v) is 7.53. The van der Waals surface area contributed by atoms with Crippen LogP contribution in [0.1, 0.15) is 58.3 Å². The summed E-state index contributed by atoms with van der Waals surface area (Å²) in [6.07, 6.45) is -11.4. The molecule has 14 nitrogen and oxygen atoms in total. The van der Waals surface area contributed by atoms with Crippen LogP contribution in [0.4, 0.5) is 0 Å². The van der Waals surface area contributed by atoms with Crippen LogP contribution in [0, 0.1) is 10.8 Å². The molecule has 230 valence electrons. The number of aliphatic hydroxyl groups is 5. The van der Waals surface area contributed by atoms with E-state index >= 15 is 0 Å². The largest absolute Gasteiger partial charge is 0.504 e. The van der Waals surface area contributed by atoms with E-state index in [1.54, 1.807) is 0 Å². The number of esters is 1. The number of Topliss-reactive ketones (excluding diaryl/α,β-unsaturated/α-hetero) is 2. The molecule has 1 saturated heterocycles. The van der Waals surface area contributed by atoms with Crippen LogP contribution < -0.4 is 0 Å². The fraction of sp³-hybridized carbons (Fsp3) is 0.667. The second kappa shape index (κ2) is 10.8. The molecular formula is C27H38O14. The Bertz CT molecular complexity index is 1180. The molecule has 1 aromatic rings. The molecule has 41 heavy (non-hydrogen) atoms. The van der Waals surface area contributed by atoms with Gasteiger partial charge in [0.2, 0.25) is 0 Å². The molecule has 7 atom stereocenters. The fourth-order valence-corrected chi connectivity index (χ4v) is 5.66. The van der Waals surface area contributed by atoms with E-state index in [0.29, 0.717) is 0 Å². The molecule has 1 heterocycles. The van der Waals surface area contributed by atoms with Crippen molar-refractivity contribution >= 4 is 17.5 Å². The number of aromatic hydroxyl groups is 3. The van der Waals surface area contributed by atoms with Gasteiger partial charge in [0.25, 0.3) is 0 Å². The summed E-state index contributed by atoms with van der Waals surface area (Å²) in [5.74, 6) is -5.14. The van der Waals surface area contributed by atoms with Crippen molar-refractivity contribution in [3.8, 4) is 17.2 Å². The van der Waals surface area contributed by atoms with E-state index in [1.807, 2.05) is 0 Å². The summed E-state index contributed by atoms with van der Waals surface area (Å²) in [7, 11) is 0. The highest BCUT2D eigenvalue weighted by Gasteiger charge is 2.67. The Morgan fingerprint density at radius 1 is 0.951 bits per heavy atom. The summed E-state index contributed by atoms with van der Waals surface area (Å²) in [5.41, 5.74) is -7.72. The first-order chi connectivity index (χ1) is 18.6. The summed E-state index contributed by atoms with van der Waals surface area (Å²) in [5, 5.41) is 82.6. The minimum Gasteiger partial charge on any atom is -0.504 e. The molecule has 8 N–H and O–H groups in total. The number of rotatable bonds is 7. The molecule has 1 aliphatic carbocycles. The van der Waals surface area contributed by atoms with Gasteiger partial charge in [0, 0.05) is 6.42 Å². The van der Waals surface area contributed by atoms with Gasteiger partial charge in [0.05, 0.1) is 22.0 Å². The molecule has 2 aliphatic rings. The number of phenols is 3. The second-order valence-corrected chi connectivity index (χ2v) is 12.4. The lowest BCUT2D eigenvalue weighted by Gasteiger charge is -2.54. The topological polar surface area (TPSA) is 241 Å². The number of phenolic OH excluding ortho intramolecular Hbond substituents is 3. The highest BCUT2D eigenvalue weighted by atomic mass is 16.7. The molecule has 0 aromatic heterocycles. The van der Waals surface area contributed by atoms with Gasteiger partial charge in [-0.2, -0.15) is 0 Å². The third kappa shape index (κ3) is 5.91. The quantitative estimate of drug-likeness (QED) is 0.111. The summed E-state index contributed by atoms with van der Waals surface area (Å²) >= 11 is 0. The van der Waals surface area contributed by atoms with Gasteiger partial charge in [0.1, 0.15) is 37.1 Å². The van der Waals surface area contributed by atoms with Crippen molar-refractivity contribution in [1.29, 1.82) is 0 Å². The van der Waals surface area contributed by atoms with Crippen LogP contribution in [0.2, 0.25) is 0 Å². The minimum absolute atomic E-state index is 0.378. The molecule has 0 bridgehead atoms. The molecule has 0 unspecified atom stereocenters. The Kier molecular flexibility index (Phi) is 8.58. The molecule has 3 rings (SSSR count). The smallest absolute Gasteiger partial charge is 0.338 e. The van der Waals surface area contributed by atoms with E-state index in [9.17, 15) is 55.2 Å². The number of carbonyl (C=O) groups is 3. The lowest BCUT2D eigenvalue weighted by Crippen LogP contribution is -2.72. The van der Waals surface area contributed by atoms with E-state index in [0.717, 1.165) is 12.1 Å². The van der Waals surface area contributed by atoms with Crippen LogP contribution in [-0.4, -0.2) is 113 Å². The van der Waals surface area contributed by atoms with Gasteiger partial charge in [-0.25, -0.2) is 4.79 Å². The maximum Gasteiger partial charge on any atom is 0.338 e. The van der Waals surface area contributed by atoms with E-state index in [1.165, 1.54) is 41.5 Å². The maximum atomic E-state index is 13.5. The van der Waals surface area contributed by atoms with Crippen molar-refractivity contribution in [2.24, 2.45) is 10.8 Å². The molecule has 1 saturated carbocycles. The molecule has 0 spiro atoms. The van der Waals surface area contributed by atoms with Crippen LogP contribution in [0.15, 0.2) is 12.1 Å². The summed E-state index contributed by atoms with van der Waals surface area (Å²) < 4.78 is 16.5. The summed E-state index contributed by atoms with van der Waals surface area (Å²) in [6, 6.07) is 1.62. The van der Waals surface area contributed by atoms with Gasteiger partial charge in [-0.1, -0.05) is 13.8 Å². The van der Waals surface area contributed by atoms with Crippen LogP contribution in [0.3, 0.4) is 0 Å². The average molecular weight is 587 g/mol. The molecule has 14 heteroatoms. The van der Waals surface area contributed by atoms with Crippen LogP contribution >= 0.6 is 0 Å². The molecule has 2 fully saturated rings. The van der Waals surface area contributed by atoms with Gasteiger partial charge in [-0.3, -0.25) is 9.59 Å². The first kappa shape index (κ1) is 32.7. The highest BCUT2D eigenvalue weighted by Crippen LogP contribution is 2.50. The van der Waals surface area contributed by atoms with E-state index in [4.69, 9.17) is 14.2 Å². The molecule has 0 radical (unpaired) electrons. The Hall–Kier alpha value is -2.85. The number of benzene rings is 1. The average Bonchev–Trinajstić information content (AvgIpc) is 2.85. The summed E-state index contributed by atoms with van der Waals surface area (Å²) in [6.45, 7) is 7.44. The minimum atomic E-state index is -2.46. The first-order valence-electron chi connectivity index (χ1n) is 12.9. The van der Waals surface area contributed by atoms with Gasteiger partial charge in [-0.15, -0.1) is 0 Å². The fourth-order valence-electron chi connectivity index (χ4n) is 5.66. The molecular weight excluding hydrogens is 548 g/mol. The lowest BCUT2D eigenvalue weighted by atomic mass is 9.54. The number of ether oxygens (including phenoxy) is 3. The Balaban J connectivity index is 1.89. The van der Waals surface area contributed by atoms with E-state index in [2.05, 4.69) is 0 Å². The van der Waals surface area contributed by atoms with Gasteiger partial charge >= 0.3 is 5.97 Å². The predicted molar refractivity (Wildman–Crippen MR) is 137 cm³/mol. The Labute approximate surface area is 235 Å². The van der Waals surface area contributed by atoms with Crippen LogP contribution in [0.5, 0.6) is 17.2 Å². The zero-order valence-corrected chi connectivity index (χ0v) is 23.6. The Morgan fingerprint density at radius 2 is 1.49 bits per heavy atom. The standard InChI is InChI=1S/C27H38O14/c1-24(2,37)10-27(38)22(36)25(3,4)21(35)26(5,6)23(27)41-20-18(33)17(32)16(31)14(40-20)9-39-19(34)11-7-12(28)15(30)13(29)8-11/h7-8,14,16-18,20,23,28-33,37-38H,9-10H2,1-6H3/t14-,16-,17+,18-,20+,23-,27+/m1/s1. The normalized spacial score (nSPS) is 33.4. The maximum absolute atomic E-state index is 13.5. The zero-order valence-electron chi connectivity index (χ0n) is 23.6. The first-order valence-corrected chi connectivity index (χ1v) is 12.9. The Morgan fingerprint density at radius 3 is 2.00 bits per heavy atom. The van der Waals surface area contributed by atoms with Crippen molar-refractivity contribution < 1.29 is 69.4 Å². The number of hydrogen-bond donors (Lipinski definition) is 8. The van der Waals surface area contributed by atoms with Crippen molar-refractivity contribution in [2.75, 3.05) is 6.61 Å². The zero-order chi connectivity index (χ0) is 31.5. The SMILES string of the molecule is CC(C)(O)C[C@]1(O)C(=O)C(C)(C)C(=O)C(C)(C)[C@H]1O[C@@H]1O[C@H](COC(=O)c2cc(O)c(O)c(O)c2)[C@@H](O)[C@H](O)[C@H]1O. The van der Waals surface area contributed by atoms with Crippen molar-refractivity contribution in [2.45, 2.75) is 96.0 Å². The second-order valence-electron chi connectivity index (χ2n) is 12.4. The lowest BCUT2D eigenvalue weighted by molar-refractivity contribution is -0.333. The number of carbonyl (C=O) groups excluding carboxylic acids is 3. The monoisotopic (exact) mass is 586 g/mol. The van der Waals surface area contributed by atoms with Gasteiger partial charge < -0.3 is 55.1 Å². The number of ketones is 2. The molecule has 1 aliphatic heterocycles. The molecule has 0 amide bonds. The number of aliphatic hydroxyl groups excluding tert-OH is 3. The van der Waals surface area contributed by atoms with Gasteiger partial charge in [-0.05, 0) is 39.8 Å². The van der Waals surface area contributed by atoms with Crippen molar-refractivity contribution in [3.05, 3.63) is 17.7 Å². The summed E-state index contributed by atoms with van der Waals surface area (Å²) in [4.78, 5) is 39.3. The van der Waals surface area contributed by atoms with Crippen LogP contribution in [0.25, 0.3) is 0 Å². The van der Waals surface area contributed by atoms with Crippen LogP contribution in [-0.2, 0) is 23.8 Å².